The molecule has 0 aliphatic rings. The first-order chi connectivity index (χ1) is 11.4. The summed E-state index contributed by atoms with van der Waals surface area (Å²) in [5, 5.41) is 56.0. The number of rotatable bonds is 7. The van der Waals surface area contributed by atoms with Gasteiger partial charge < -0.3 is 35.5 Å². The van der Waals surface area contributed by atoms with Crippen molar-refractivity contribution in [2.75, 3.05) is 39.5 Å². The maximum absolute atomic E-state index is 10.1. The maximum Gasteiger partial charge on any atom is 4.00 e. The van der Waals surface area contributed by atoms with Gasteiger partial charge in [-0.2, -0.15) is 0 Å². The Labute approximate surface area is 173 Å². The van der Waals surface area contributed by atoms with Crippen LogP contribution in [0.15, 0.2) is 11.8 Å². The Morgan fingerprint density at radius 2 is 1.27 bits per heavy atom. The zero-order valence-corrected chi connectivity index (χ0v) is 18.4. The van der Waals surface area contributed by atoms with Crippen molar-refractivity contribution in [2.24, 2.45) is 0 Å². The van der Waals surface area contributed by atoms with E-state index in [9.17, 15) is 25.2 Å². The molecule has 0 radical (unpaired) electrons. The molecule has 0 unspecified atom stereocenters. The van der Waals surface area contributed by atoms with Gasteiger partial charge in [-0.25, -0.2) is 0 Å². The fraction of sp³-hybridized carbons (Fsp3) is 0.824. The number of aliphatic hydroxyl groups excluding tert-OH is 2. The summed E-state index contributed by atoms with van der Waals surface area (Å²) >= 11 is 0. The summed E-state index contributed by atoms with van der Waals surface area (Å²) in [5.74, 6) is -0.375. The molecule has 0 amide bonds. The van der Waals surface area contributed by atoms with E-state index in [-0.39, 0.29) is 53.1 Å². The van der Waals surface area contributed by atoms with Gasteiger partial charge in [-0.05, 0) is 19.5 Å². The van der Waals surface area contributed by atoms with Crippen LogP contribution in [-0.4, -0.2) is 72.6 Å². The van der Waals surface area contributed by atoms with Crippen molar-refractivity contribution >= 4 is 5.78 Å². The maximum atomic E-state index is 10.1. The van der Waals surface area contributed by atoms with Crippen LogP contribution in [0.1, 0.15) is 41.5 Å². The van der Waals surface area contributed by atoms with Crippen molar-refractivity contribution in [3.8, 4) is 0 Å². The standard InChI is InChI=1S/C6H14NO3.C5H8O2.2C3H7O.Ti/c8-4-1-7(2-5-9)3-6-10;1-4(6)3-5(2)7;2*1-3(2)4;/h8-9H,1-6H2;3,6H,1-2H3;2*3H,1-2H3;/q-1;;2*-1;+4/p-1/b;4-3-;;;. The molecule has 0 bridgehead atoms. The van der Waals surface area contributed by atoms with Gasteiger partial charge in [0.05, 0.1) is 13.2 Å². The molecular weight excluding hydrogens is 378 g/mol. The number of nitrogens with zero attached hydrogens (tertiary/aromatic N) is 1. The summed E-state index contributed by atoms with van der Waals surface area (Å²) in [6.07, 6.45) is 0.222. The normalized spacial score (nSPS) is 10.0. The molecule has 0 aromatic rings. The van der Waals surface area contributed by atoms with Gasteiger partial charge in [-0.3, -0.25) is 4.79 Å². The predicted molar refractivity (Wildman–Crippen MR) is 90.2 cm³/mol. The van der Waals surface area contributed by atoms with Crippen molar-refractivity contribution in [1.29, 1.82) is 0 Å². The monoisotopic (exact) mass is 413 g/mol. The van der Waals surface area contributed by atoms with Crippen LogP contribution in [0.4, 0.5) is 0 Å². The largest absolute Gasteiger partial charge is 4.00 e. The number of allylic oxidation sites excluding steroid dienone is 2. The Bertz CT molecular complexity index is 271. The number of hydrogen-bond donors (Lipinski definition) is 2. The molecule has 0 rings (SSSR count). The third-order valence-corrected chi connectivity index (χ3v) is 1.65. The number of hydrogen-bond acceptors (Lipinski definition) is 8. The molecule has 0 atom stereocenters. The summed E-state index contributed by atoms with van der Waals surface area (Å²) in [4.78, 5) is 11.7. The van der Waals surface area contributed by atoms with Gasteiger partial charge in [0, 0.05) is 13.1 Å². The summed E-state index contributed by atoms with van der Waals surface area (Å²) in [6, 6.07) is 0. The molecule has 8 nitrogen and oxygen atoms in total. The molecule has 0 saturated carbocycles. The summed E-state index contributed by atoms with van der Waals surface area (Å²) < 4.78 is 0. The smallest absolute Gasteiger partial charge is 0.876 e. The molecule has 0 fully saturated rings. The number of aliphatic hydroxyl groups is 2. The topological polar surface area (TPSA) is 153 Å². The van der Waals surface area contributed by atoms with Crippen LogP contribution < -0.4 is 20.4 Å². The van der Waals surface area contributed by atoms with Crippen LogP contribution in [0.5, 0.6) is 0 Å². The van der Waals surface area contributed by atoms with Crippen molar-refractivity contribution < 1.29 is 57.2 Å². The van der Waals surface area contributed by atoms with Crippen molar-refractivity contribution in [1.82, 2.24) is 4.90 Å². The molecule has 9 heteroatoms. The molecule has 0 spiro atoms. The molecular formula is C17H35NO7Ti. The predicted octanol–water partition coefficient (Wildman–Crippen LogP) is -3.02. The van der Waals surface area contributed by atoms with Gasteiger partial charge in [0.15, 0.2) is 5.78 Å². The molecule has 154 valence electrons. The van der Waals surface area contributed by atoms with Crippen LogP contribution in [0.25, 0.3) is 0 Å². The summed E-state index contributed by atoms with van der Waals surface area (Å²) in [7, 11) is 0. The summed E-state index contributed by atoms with van der Waals surface area (Å²) in [5.41, 5.74) is 0. The Kier molecular flexibility index (Phi) is 41.4. The first-order valence-corrected chi connectivity index (χ1v) is 8.14. The minimum absolute atomic E-state index is 0. The van der Waals surface area contributed by atoms with Crippen LogP contribution in [0.2, 0.25) is 0 Å². The van der Waals surface area contributed by atoms with E-state index in [4.69, 9.17) is 10.2 Å². The Balaban J connectivity index is -0.0000000806. The first-order valence-electron chi connectivity index (χ1n) is 8.14. The van der Waals surface area contributed by atoms with E-state index in [0.717, 1.165) is 6.08 Å². The van der Waals surface area contributed by atoms with Crippen molar-refractivity contribution in [3.05, 3.63) is 11.8 Å². The molecule has 2 N–H and O–H groups in total. The van der Waals surface area contributed by atoms with E-state index in [1.165, 1.54) is 13.8 Å². The van der Waals surface area contributed by atoms with Crippen LogP contribution in [0, 0.1) is 0 Å². The summed E-state index contributed by atoms with van der Waals surface area (Å²) in [6.45, 7) is 10.4. The van der Waals surface area contributed by atoms with Crippen molar-refractivity contribution in [2.45, 2.75) is 53.8 Å². The van der Waals surface area contributed by atoms with E-state index in [2.05, 4.69) is 0 Å². The zero-order chi connectivity index (χ0) is 20.8. The van der Waals surface area contributed by atoms with Gasteiger partial charge in [-0.1, -0.05) is 34.6 Å². The second-order valence-electron chi connectivity index (χ2n) is 5.46. The van der Waals surface area contributed by atoms with E-state index in [1.807, 2.05) is 0 Å². The fourth-order valence-corrected chi connectivity index (χ4v) is 1.03. The third-order valence-electron chi connectivity index (χ3n) is 1.65. The van der Waals surface area contributed by atoms with Gasteiger partial charge in [0.2, 0.25) is 0 Å². The fourth-order valence-electron chi connectivity index (χ4n) is 1.03. The molecule has 26 heavy (non-hydrogen) atoms. The van der Waals surface area contributed by atoms with Crippen molar-refractivity contribution in [3.63, 3.8) is 0 Å². The zero-order valence-electron chi connectivity index (χ0n) is 16.9. The van der Waals surface area contributed by atoms with Crippen LogP contribution >= 0.6 is 0 Å². The minimum Gasteiger partial charge on any atom is -0.876 e. The van der Waals surface area contributed by atoms with E-state index in [1.54, 1.807) is 32.6 Å². The average molecular weight is 413 g/mol. The molecule has 0 aromatic heterocycles. The van der Waals surface area contributed by atoms with Gasteiger partial charge in [0.1, 0.15) is 0 Å². The second-order valence-corrected chi connectivity index (χ2v) is 5.46. The van der Waals surface area contributed by atoms with Crippen LogP contribution in [0.3, 0.4) is 0 Å². The number of carbonyl (C=O) groups is 1. The number of ketones is 1. The quantitative estimate of drug-likeness (QED) is 0.254. The van der Waals surface area contributed by atoms with Gasteiger partial charge in [0.25, 0.3) is 0 Å². The third kappa shape index (κ3) is 75.7. The molecule has 0 aromatic carbocycles. The molecule has 0 aliphatic heterocycles. The molecule has 0 saturated heterocycles. The van der Waals surface area contributed by atoms with E-state index in [0.29, 0.717) is 19.6 Å². The van der Waals surface area contributed by atoms with Gasteiger partial charge >= 0.3 is 21.7 Å². The Morgan fingerprint density at radius 1 is 0.962 bits per heavy atom. The van der Waals surface area contributed by atoms with E-state index < -0.39 is 12.2 Å². The second kappa shape index (κ2) is 29.4. The Morgan fingerprint density at radius 3 is 1.38 bits per heavy atom. The SMILES string of the molecule is CC(=O)/C=C(/C)[O-].CC(C)[O-].CC(C)[O-].[O-]CCN(CCO)CCO.[Ti+4]. The molecule has 0 aliphatic carbocycles. The first kappa shape index (κ1) is 36.6. The van der Waals surface area contributed by atoms with E-state index >= 15 is 0 Å². The van der Waals surface area contributed by atoms with Gasteiger partial charge in [-0.15, -0.1) is 24.6 Å². The van der Waals surface area contributed by atoms with Crippen LogP contribution in [-0.2, 0) is 26.5 Å². The number of carbonyl (C=O) groups excluding carboxylic acids is 1. The average Bonchev–Trinajstić information content (AvgIpc) is 2.37. The molecule has 0 heterocycles. The Hall–Kier alpha value is -0.316. The minimum atomic E-state index is -0.417.